The summed E-state index contributed by atoms with van der Waals surface area (Å²) in [6, 6.07) is 9.03. The topological polar surface area (TPSA) is 3.24 Å². The van der Waals surface area contributed by atoms with Gasteiger partial charge in [-0.2, -0.15) is 0 Å². The van der Waals surface area contributed by atoms with Crippen molar-refractivity contribution >= 4 is 0 Å². The van der Waals surface area contributed by atoms with E-state index in [0.717, 1.165) is 13.1 Å². The minimum atomic E-state index is 0.505. The van der Waals surface area contributed by atoms with Crippen molar-refractivity contribution in [2.24, 2.45) is 0 Å². The summed E-state index contributed by atoms with van der Waals surface area (Å²) >= 11 is 0. The van der Waals surface area contributed by atoms with E-state index in [-0.39, 0.29) is 0 Å². The van der Waals surface area contributed by atoms with Crippen molar-refractivity contribution in [3.63, 3.8) is 0 Å². The Bertz CT molecular complexity index is 361. The van der Waals surface area contributed by atoms with Crippen molar-refractivity contribution in [3.05, 3.63) is 42.4 Å². The molecule has 1 aliphatic carbocycles. The molecule has 0 N–H and O–H groups in total. The molecule has 1 aliphatic heterocycles. The first kappa shape index (κ1) is 9.41. The molecular weight excluding hydrogens is 182 g/mol. The number of piperidine rings is 1. The van der Waals surface area contributed by atoms with Crippen molar-refractivity contribution in [1.82, 2.24) is 4.90 Å². The fraction of sp³-hybridized carbons (Fsp3) is 0.500. The van der Waals surface area contributed by atoms with Gasteiger partial charge in [-0.15, -0.1) is 0 Å². The minimum Gasteiger partial charge on any atom is -0.459 e. The molecule has 1 fully saturated rings. The molecule has 0 atom stereocenters. The monoisotopic (exact) mass is 200 g/mol. The second kappa shape index (κ2) is 3.34. The summed E-state index contributed by atoms with van der Waals surface area (Å²) in [5, 5.41) is 0. The van der Waals surface area contributed by atoms with E-state index in [4.69, 9.17) is 0 Å². The van der Waals surface area contributed by atoms with Gasteiger partial charge in [0.25, 0.3) is 0 Å². The number of aryl methyl sites for hydroxylation is 1. The summed E-state index contributed by atoms with van der Waals surface area (Å²) in [5.74, 6) is 0. The average molecular weight is 200 g/mol. The predicted octanol–water partition coefficient (Wildman–Crippen LogP) is 2.76. The van der Waals surface area contributed by atoms with Crippen LogP contribution in [-0.4, -0.2) is 18.0 Å². The molecule has 2 aliphatic rings. The van der Waals surface area contributed by atoms with Crippen LogP contribution in [0, 0.1) is 7.05 Å². The average Bonchev–Trinajstić information content (AvgIpc) is 2.63. The predicted molar refractivity (Wildman–Crippen MR) is 62.6 cm³/mol. The molecule has 15 heavy (non-hydrogen) atoms. The third-order valence-electron chi connectivity index (χ3n) is 4.27. The van der Waals surface area contributed by atoms with Crippen LogP contribution in [0.2, 0.25) is 0 Å². The van der Waals surface area contributed by atoms with Gasteiger partial charge in [0, 0.05) is 0 Å². The van der Waals surface area contributed by atoms with Gasteiger partial charge < -0.3 is 4.90 Å². The summed E-state index contributed by atoms with van der Waals surface area (Å²) in [4.78, 5) is 2.21. The molecule has 1 nitrogen and oxygen atoms in total. The Kier molecular flexibility index (Phi) is 2.10. The molecule has 1 heteroatoms. The Balaban J connectivity index is 1.95. The quantitative estimate of drug-likeness (QED) is 0.582. The van der Waals surface area contributed by atoms with Gasteiger partial charge in [-0.1, -0.05) is 24.3 Å². The minimum absolute atomic E-state index is 0.505. The zero-order chi connectivity index (χ0) is 10.3. The maximum absolute atomic E-state index is 4.04. The lowest BCUT2D eigenvalue weighted by atomic mass is 9.74. The first-order valence-electron chi connectivity index (χ1n) is 5.94. The number of rotatable bonds is 0. The van der Waals surface area contributed by atoms with Crippen LogP contribution in [-0.2, 0) is 11.8 Å². The van der Waals surface area contributed by atoms with E-state index in [1.807, 2.05) is 0 Å². The Hall–Kier alpha value is -0.820. The lowest BCUT2D eigenvalue weighted by Crippen LogP contribution is -2.38. The molecule has 1 aromatic rings. The van der Waals surface area contributed by atoms with Gasteiger partial charge in [0.1, 0.15) is 0 Å². The molecule has 1 heterocycles. The summed E-state index contributed by atoms with van der Waals surface area (Å²) in [6.07, 6.45) is 5.24. The molecule has 0 saturated carbocycles. The van der Waals surface area contributed by atoms with Crippen LogP contribution < -0.4 is 0 Å². The van der Waals surface area contributed by atoms with E-state index in [2.05, 4.69) is 36.2 Å². The van der Waals surface area contributed by atoms with Gasteiger partial charge in [0.05, 0.1) is 0 Å². The fourth-order valence-electron chi connectivity index (χ4n) is 3.26. The van der Waals surface area contributed by atoms with Crippen LogP contribution in [0.1, 0.15) is 30.4 Å². The lowest BCUT2D eigenvalue weighted by Gasteiger charge is -2.42. The first-order chi connectivity index (χ1) is 7.30. The van der Waals surface area contributed by atoms with Crippen molar-refractivity contribution < 1.29 is 0 Å². The van der Waals surface area contributed by atoms with Crippen LogP contribution in [0.15, 0.2) is 24.3 Å². The molecule has 1 spiro atoms. The third kappa shape index (κ3) is 1.41. The SMILES string of the molecule is [CH2-]N1CCC2(CCc3ccccc32)CC1. The fourth-order valence-corrected chi connectivity index (χ4v) is 3.26. The standard InChI is InChI=1S/C14H18N/c1-15-10-8-14(9-11-15)7-6-12-4-2-3-5-13(12)14/h2-5H,1,6-11H2/q-1. The highest BCUT2D eigenvalue weighted by Gasteiger charge is 2.39. The number of hydrogen-bond donors (Lipinski definition) is 0. The zero-order valence-corrected chi connectivity index (χ0v) is 9.21. The van der Waals surface area contributed by atoms with Gasteiger partial charge in [-0.05, 0) is 55.3 Å². The summed E-state index contributed by atoms with van der Waals surface area (Å²) in [5.41, 5.74) is 3.73. The van der Waals surface area contributed by atoms with Crippen molar-refractivity contribution in [2.75, 3.05) is 13.1 Å². The number of benzene rings is 1. The van der Waals surface area contributed by atoms with E-state index in [0.29, 0.717) is 5.41 Å². The molecule has 0 aromatic heterocycles. The number of nitrogens with zero attached hydrogens (tertiary/aromatic N) is 1. The van der Waals surface area contributed by atoms with E-state index >= 15 is 0 Å². The molecule has 0 amide bonds. The molecule has 0 unspecified atom stereocenters. The summed E-state index contributed by atoms with van der Waals surface area (Å²) in [6.45, 7) is 2.32. The maximum atomic E-state index is 4.04. The maximum Gasteiger partial charge on any atom is -0.00186 e. The van der Waals surface area contributed by atoms with E-state index in [1.165, 1.54) is 25.7 Å². The highest BCUT2D eigenvalue weighted by Crippen LogP contribution is 2.45. The number of likely N-dealkylation sites (tertiary alicyclic amines) is 1. The smallest absolute Gasteiger partial charge is 0.00186 e. The van der Waals surface area contributed by atoms with E-state index < -0.39 is 0 Å². The summed E-state index contributed by atoms with van der Waals surface area (Å²) in [7, 11) is 4.04. The van der Waals surface area contributed by atoms with Gasteiger partial charge in [0.15, 0.2) is 0 Å². The van der Waals surface area contributed by atoms with Gasteiger partial charge in [-0.3, -0.25) is 7.05 Å². The highest BCUT2D eigenvalue weighted by atomic mass is 15.1. The molecule has 1 saturated heterocycles. The Morgan fingerprint density at radius 2 is 1.80 bits per heavy atom. The molecular formula is C14H18N-. The van der Waals surface area contributed by atoms with Crippen LogP contribution in [0.3, 0.4) is 0 Å². The van der Waals surface area contributed by atoms with Crippen LogP contribution in [0.5, 0.6) is 0 Å². The Morgan fingerprint density at radius 1 is 1.07 bits per heavy atom. The number of fused-ring (bicyclic) bond motifs is 2. The number of hydrogen-bond acceptors (Lipinski definition) is 1. The normalized spacial score (nSPS) is 24.3. The summed E-state index contributed by atoms with van der Waals surface area (Å²) < 4.78 is 0. The second-order valence-electron chi connectivity index (χ2n) is 5.06. The van der Waals surface area contributed by atoms with E-state index in [9.17, 15) is 0 Å². The van der Waals surface area contributed by atoms with Crippen LogP contribution in [0.25, 0.3) is 0 Å². The van der Waals surface area contributed by atoms with Crippen LogP contribution in [0.4, 0.5) is 0 Å². The third-order valence-corrected chi connectivity index (χ3v) is 4.27. The highest BCUT2D eigenvalue weighted by molar-refractivity contribution is 5.39. The Morgan fingerprint density at radius 3 is 2.60 bits per heavy atom. The molecule has 0 radical (unpaired) electrons. The molecule has 80 valence electrons. The van der Waals surface area contributed by atoms with Crippen LogP contribution >= 0.6 is 0 Å². The zero-order valence-electron chi connectivity index (χ0n) is 9.21. The van der Waals surface area contributed by atoms with Gasteiger partial charge in [-0.25, -0.2) is 0 Å². The van der Waals surface area contributed by atoms with Crippen molar-refractivity contribution in [3.8, 4) is 0 Å². The Labute approximate surface area is 92.1 Å². The largest absolute Gasteiger partial charge is 0.459 e. The lowest BCUT2D eigenvalue weighted by molar-refractivity contribution is 0.203. The molecule has 3 rings (SSSR count). The molecule has 1 aromatic carbocycles. The van der Waals surface area contributed by atoms with E-state index in [1.54, 1.807) is 11.1 Å². The van der Waals surface area contributed by atoms with Crippen molar-refractivity contribution in [1.29, 1.82) is 0 Å². The van der Waals surface area contributed by atoms with Crippen molar-refractivity contribution in [2.45, 2.75) is 31.1 Å². The molecule has 0 bridgehead atoms. The first-order valence-corrected chi connectivity index (χ1v) is 5.94. The van der Waals surface area contributed by atoms with Gasteiger partial charge >= 0.3 is 0 Å². The second-order valence-corrected chi connectivity index (χ2v) is 5.06. The van der Waals surface area contributed by atoms with Gasteiger partial charge in [0.2, 0.25) is 0 Å².